The summed E-state index contributed by atoms with van der Waals surface area (Å²) < 4.78 is 86.4. The molecule has 3 aromatic rings. The van der Waals surface area contributed by atoms with Gasteiger partial charge in [0, 0.05) is 30.3 Å². The second-order valence-electron chi connectivity index (χ2n) is 9.35. The third-order valence-electron chi connectivity index (χ3n) is 6.47. The van der Waals surface area contributed by atoms with E-state index in [1.165, 1.54) is 12.1 Å². The summed E-state index contributed by atoms with van der Waals surface area (Å²) in [6.07, 6.45) is -9.69. The zero-order chi connectivity index (χ0) is 28.9. The van der Waals surface area contributed by atoms with Gasteiger partial charge in [0.15, 0.2) is 11.5 Å². The molecule has 0 atom stereocenters. The van der Waals surface area contributed by atoms with E-state index >= 15 is 0 Å². The number of carbonyl (C=O) groups is 2. The minimum atomic E-state index is -5.08. The quantitative estimate of drug-likeness (QED) is 0.263. The number of nitrogens with one attached hydrogen (secondary N) is 2. The van der Waals surface area contributed by atoms with Crippen LogP contribution in [0.15, 0.2) is 59.1 Å². The van der Waals surface area contributed by atoms with Gasteiger partial charge in [0.2, 0.25) is 0 Å². The Labute approximate surface area is 224 Å². The number of hydrogen-bond donors (Lipinski definition) is 2. The highest BCUT2D eigenvalue weighted by atomic mass is 19.4. The minimum absolute atomic E-state index is 0.0684. The molecule has 0 unspecified atom stereocenters. The molecule has 1 aliphatic rings. The Bertz CT molecular complexity index is 1300. The van der Waals surface area contributed by atoms with Gasteiger partial charge in [-0.3, -0.25) is 4.79 Å². The molecule has 40 heavy (non-hydrogen) atoms. The summed E-state index contributed by atoms with van der Waals surface area (Å²) in [5.74, 6) is -2.72. The maximum atomic E-state index is 13.1. The lowest BCUT2D eigenvalue weighted by Crippen LogP contribution is -2.41. The smallest absolute Gasteiger partial charge is 0.456 e. The molecule has 1 heterocycles. The van der Waals surface area contributed by atoms with Gasteiger partial charge in [0.05, 0.1) is 5.56 Å². The lowest BCUT2D eigenvalue weighted by atomic mass is 9.92. The second-order valence-corrected chi connectivity index (χ2v) is 9.35. The van der Waals surface area contributed by atoms with E-state index in [9.17, 15) is 35.9 Å². The largest absolute Gasteiger partial charge is 0.490 e. The molecule has 1 fully saturated rings. The van der Waals surface area contributed by atoms with Crippen LogP contribution in [0.25, 0.3) is 11.3 Å². The highest BCUT2D eigenvalue weighted by Crippen LogP contribution is 2.33. The van der Waals surface area contributed by atoms with Crippen molar-refractivity contribution >= 4 is 11.9 Å². The highest BCUT2D eigenvalue weighted by molar-refractivity contribution is 5.95. The molecule has 0 bridgehead atoms. The van der Waals surface area contributed by atoms with Gasteiger partial charge in [0.25, 0.3) is 5.91 Å². The number of halogens is 6. The molecular formula is C27H25F6N3O4. The van der Waals surface area contributed by atoms with Gasteiger partial charge in [-0.05, 0) is 43.4 Å². The Morgan fingerprint density at radius 2 is 1.55 bits per heavy atom. The van der Waals surface area contributed by atoms with E-state index in [4.69, 9.17) is 4.52 Å². The number of aromatic nitrogens is 1. The first-order valence-electron chi connectivity index (χ1n) is 12.4. The number of amides is 1. The molecule has 1 aliphatic carbocycles. The number of benzene rings is 2. The standard InChI is InChI=1S/C27H25F6N3O4/c28-26(29,30)18-8-6-17(7-9-18)23-21(15-34-14-16-4-2-1-3-5-16)22(36-40-23)24(37)35-19-10-12-20(13-11-19)39-25(38)27(31,32)33/h1-9,19-20,34H,10-15H2,(H,35,37)/t19-,20-. The van der Waals surface area contributed by atoms with Crippen LogP contribution < -0.4 is 10.6 Å². The number of rotatable bonds is 8. The molecule has 2 aromatic carbocycles. The van der Waals surface area contributed by atoms with Crippen molar-refractivity contribution in [3.8, 4) is 11.3 Å². The molecule has 7 nitrogen and oxygen atoms in total. The van der Waals surface area contributed by atoms with Crippen LogP contribution in [0.2, 0.25) is 0 Å². The van der Waals surface area contributed by atoms with Crippen LogP contribution in [0.5, 0.6) is 0 Å². The molecule has 0 spiro atoms. The number of nitrogens with zero attached hydrogens (tertiary/aromatic N) is 1. The first kappa shape index (κ1) is 29.1. The van der Waals surface area contributed by atoms with E-state index in [2.05, 4.69) is 20.5 Å². The average molecular weight is 570 g/mol. The van der Waals surface area contributed by atoms with Crippen molar-refractivity contribution in [2.24, 2.45) is 0 Å². The van der Waals surface area contributed by atoms with E-state index < -0.39 is 41.9 Å². The van der Waals surface area contributed by atoms with Crippen molar-refractivity contribution in [2.45, 2.75) is 63.3 Å². The third-order valence-corrected chi connectivity index (χ3v) is 6.47. The van der Waals surface area contributed by atoms with Crippen molar-refractivity contribution in [1.29, 1.82) is 0 Å². The monoisotopic (exact) mass is 569 g/mol. The predicted molar refractivity (Wildman–Crippen MR) is 130 cm³/mol. The summed E-state index contributed by atoms with van der Waals surface area (Å²) in [4.78, 5) is 24.2. The molecule has 4 rings (SSSR count). The van der Waals surface area contributed by atoms with Gasteiger partial charge in [-0.25, -0.2) is 4.79 Å². The topological polar surface area (TPSA) is 93.5 Å². The lowest BCUT2D eigenvalue weighted by molar-refractivity contribution is -0.206. The van der Waals surface area contributed by atoms with Gasteiger partial charge < -0.3 is 19.9 Å². The highest BCUT2D eigenvalue weighted by Gasteiger charge is 2.42. The molecule has 0 aliphatic heterocycles. The number of alkyl halides is 6. The van der Waals surface area contributed by atoms with Crippen LogP contribution in [-0.2, 0) is 28.8 Å². The lowest BCUT2D eigenvalue weighted by Gasteiger charge is -2.28. The van der Waals surface area contributed by atoms with Gasteiger partial charge >= 0.3 is 18.3 Å². The first-order valence-corrected chi connectivity index (χ1v) is 12.4. The summed E-state index contributed by atoms with van der Waals surface area (Å²) in [5, 5.41) is 9.86. The molecule has 1 aromatic heterocycles. The van der Waals surface area contributed by atoms with Gasteiger partial charge in [-0.2, -0.15) is 26.3 Å². The Kier molecular flexibility index (Phi) is 8.82. The van der Waals surface area contributed by atoms with Crippen LogP contribution in [0, 0.1) is 0 Å². The van der Waals surface area contributed by atoms with Gasteiger partial charge in [-0.15, -0.1) is 0 Å². The summed E-state index contributed by atoms with van der Waals surface area (Å²) in [6, 6.07) is 13.2. The zero-order valence-electron chi connectivity index (χ0n) is 20.9. The number of esters is 1. The van der Waals surface area contributed by atoms with Gasteiger partial charge in [-0.1, -0.05) is 47.6 Å². The zero-order valence-corrected chi connectivity index (χ0v) is 20.9. The van der Waals surface area contributed by atoms with Crippen molar-refractivity contribution in [2.75, 3.05) is 0 Å². The fourth-order valence-corrected chi connectivity index (χ4v) is 4.41. The number of ether oxygens (including phenoxy) is 1. The molecule has 0 saturated heterocycles. The van der Waals surface area contributed by atoms with Crippen molar-refractivity contribution in [1.82, 2.24) is 15.8 Å². The van der Waals surface area contributed by atoms with Crippen LogP contribution in [0.1, 0.15) is 52.9 Å². The Morgan fingerprint density at radius 3 is 2.15 bits per heavy atom. The van der Waals surface area contributed by atoms with Crippen molar-refractivity contribution in [3.63, 3.8) is 0 Å². The average Bonchev–Trinajstić information content (AvgIpc) is 3.33. The van der Waals surface area contributed by atoms with Crippen molar-refractivity contribution in [3.05, 3.63) is 77.0 Å². The predicted octanol–water partition coefficient (Wildman–Crippen LogP) is 5.80. The maximum Gasteiger partial charge on any atom is 0.490 e. The van der Waals surface area contributed by atoms with Crippen molar-refractivity contribution < 1.29 is 45.2 Å². The molecular weight excluding hydrogens is 544 g/mol. The van der Waals surface area contributed by atoms with E-state index in [1.54, 1.807) is 0 Å². The maximum absolute atomic E-state index is 13.1. The van der Waals surface area contributed by atoms with Crippen LogP contribution >= 0.6 is 0 Å². The summed E-state index contributed by atoms with van der Waals surface area (Å²) >= 11 is 0. The third kappa shape index (κ3) is 7.40. The summed E-state index contributed by atoms with van der Waals surface area (Å²) in [6.45, 7) is 0.540. The summed E-state index contributed by atoms with van der Waals surface area (Å²) in [5.41, 5.74) is 0.683. The molecule has 1 saturated carbocycles. The normalized spacial score (nSPS) is 17.9. The molecule has 2 N–H and O–H groups in total. The summed E-state index contributed by atoms with van der Waals surface area (Å²) in [7, 11) is 0. The Balaban J connectivity index is 1.47. The molecule has 0 radical (unpaired) electrons. The van der Waals surface area contributed by atoms with E-state index in [-0.39, 0.29) is 43.7 Å². The van der Waals surface area contributed by atoms with E-state index in [1.807, 2.05) is 30.3 Å². The minimum Gasteiger partial charge on any atom is -0.456 e. The van der Waals surface area contributed by atoms with Crippen LogP contribution in [-0.4, -0.2) is 35.4 Å². The number of hydrogen-bond acceptors (Lipinski definition) is 6. The molecule has 1 amide bonds. The van der Waals surface area contributed by atoms with Crippen LogP contribution in [0.4, 0.5) is 26.3 Å². The SMILES string of the molecule is O=C(N[C@H]1CC[C@H](OC(=O)C(F)(F)F)CC1)c1noc(-c2ccc(C(F)(F)F)cc2)c1CNCc1ccccc1. The van der Waals surface area contributed by atoms with Gasteiger partial charge in [0.1, 0.15) is 6.10 Å². The van der Waals surface area contributed by atoms with E-state index in [0.29, 0.717) is 17.7 Å². The molecule has 13 heteroatoms. The fraction of sp³-hybridized carbons (Fsp3) is 0.370. The fourth-order valence-electron chi connectivity index (χ4n) is 4.41. The Morgan fingerprint density at radius 1 is 0.900 bits per heavy atom. The van der Waals surface area contributed by atoms with E-state index in [0.717, 1.165) is 17.7 Å². The second kappa shape index (κ2) is 12.1. The Hall–Kier alpha value is -3.87. The first-order chi connectivity index (χ1) is 18.9. The number of carbonyl (C=O) groups excluding carboxylic acids is 2. The molecule has 214 valence electrons. The van der Waals surface area contributed by atoms with Crippen LogP contribution in [0.3, 0.4) is 0 Å².